The van der Waals surface area contributed by atoms with E-state index >= 15 is 0 Å². The van der Waals surface area contributed by atoms with E-state index < -0.39 is 6.10 Å². The van der Waals surface area contributed by atoms with Crippen LogP contribution in [0.4, 0.5) is 0 Å². The minimum absolute atomic E-state index is 0.561. The summed E-state index contributed by atoms with van der Waals surface area (Å²) in [7, 11) is 0. The van der Waals surface area contributed by atoms with Crippen LogP contribution in [0, 0.1) is 13.8 Å². The van der Waals surface area contributed by atoms with E-state index in [1.54, 1.807) is 12.1 Å². The fourth-order valence-electron chi connectivity index (χ4n) is 2.29. The zero-order chi connectivity index (χ0) is 14.0. The Kier molecular flexibility index (Phi) is 4.67. The third-order valence-corrected chi connectivity index (χ3v) is 3.98. The summed E-state index contributed by atoms with van der Waals surface area (Å²) >= 11 is 9.44. The molecule has 2 aromatic carbocycles. The number of aryl methyl sites for hydroxylation is 2. The molecule has 3 heteroatoms. The zero-order valence-electron chi connectivity index (χ0n) is 11.0. The lowest BCUT2D eigenvalue weighted by atomic mass is 9.98. The Morgan fingerprint density at radius 1 is 1.11 bits per heavy atom. The maximum atomic E-state index is 10.4. The summed E-state index contributed by atoms with van der Waals surface area (Å²) in [6.07, 6.45) is 0.0239. The third-order valence-electron chi connectivity index (χ3n) is 3.03. The maximum Gasteiger partial charge on any atom is 0.0841 e. The van der Waals surface area contributed by atoms with Crippen molar-refractivity contribution in [3.05, 3.63) is 68.1 Å². The van der Waals surface area contributed by atoms with E-state index in [4.69, 9.17) is 11.6 Å². The summed E-state index contributed by atoms with van der Waals surface area (Å²) in [4.78, 5) is 0. The fraction of sp³-hybridized carbons (Fsp3) is 0.250. The van der Waals surface area contributed by atoms with Gasteiger partial charge in [-0.1, -0.05) is 56.9 Å². The lowest BCUT2D eigenvalue weighted by Crippen LogP contribution is -2.03. The molecule has 1 nitrogen and oxygen atoms in total. The summed E-state index contributed by atoms with van der Waals surface area (Å²) in [5.41, 5.74) is 4.39. The predicted octanol–water partition coefficient (Wildman–Crippen LogP) is 5.00. The van der Waals surface area contributed by atoms with Gasteiger partial charge in [0.2, 0.25) is 0 Å². The van der Waals surface area contributed by atoms with E-state index in [9.17, 15) is 5.11 Å². The van der Waals surface area contributed by atoms with Crippen LogP contribution in [0.3, 0.4) is 0 Å². The van der Waals surface area contributed by atoms with Crippen LogP contribution in [0.2, 0.25) is 5.02 Å². The van der Waals surface area contributed by atoms with Gasteiger partial charge in [-0.05, 0) is 43.2 Å². The Balaban J connectivity index is 2.25. The quantitative estimate of drug-likeness (QED) is 0.834. The summed E-state index contributed by atoms with van der Waals surface area (Å²) in [6.45, 7) is 4.14. The van der Waals surface area contributed by atoms with Crippen LogP contribution in [-0.2, 0) is 6.42 Å². The van der Waals surface area contributed by atoms with E-state index in [-0.39, 0.29) is 0 Å². The van der Waals surface area contributed by atoms with Crippen molar-refractivity contribution in [1.82, 2.24) is 0 Å². The van der Waals surface area contributed by atoms with Gasteiger partial charge in [0.05, 0.1) is 6.10 Å². The molecule has 1 unspecified atom stereocenters. The second kappa shape index (κ2) is 6.08. The molecule has 0 aromatic heterocycles. The van der Waals surface area contributed by atoms with Gasteiger partial charge in [0.25, 0.3) is 0 Å². The number of benzene rings is 2. The molecule has 0 amide bonds. The molecule has 0 aliphatic heterocycles. The van der Waals surface area contributed by atoms with Crippen molar-refractivity contribution >= 4 is 27.5 Å². The molecule has 19 heavy (non-hydrogen) atoms. The molecule has 0 saturated carbocycles. The number of aliphatic hydroxyl groups excluding tert-OH is 1. The first-order valence-electron chi connectivity index (χ1n) is 6.16. The second-order valence-electron chi connectivity index (χ2n) is 4.88. The van der Waals surface area contributed by atoms with Gasteiger partial charge in [0, 0.05) is 15.9 Å². The topological polar surface area (TPSA) is 20.2 Å². The molecule has 0 aliphatic carbocycles. The van der Waals surface area contributed by atoms with Crippen molar-refractivity contribution in [2.24, 2.45) is 0 Å². The largest absolute Gasteiger partial charge is 0.388 e. The Hall–Kier alpha value is -0.830. The second-order valence-corrected chi connectivity index (χ2v) is 6.17. The average Bonchev–Trinajstić information content (AvgIpc) is 2.30. The van der Waals surface area contributed by atoms with Crippen LogP contribution in [0.1, 0.15) is 28.4 Å². The van der Waals surface area contributed by atoms with Gasteiger partial charge in [0.15, 0.2) is 0 Å². The standard InChI is InChI=1S/C16H16BrClO/c1-10-5-11(2)7-12(6-10)8-16(19)14-9-13(18)3-4-15(14)17/h3-7,9,16,19H,8H2,1-2H3. The number of aliphatic hydroxyl groups is 1. The van der Waals surface area contributed by atoms with Gasteiger partial charge < -0.3 is 5.11 Å². The number of rotatable bonds is 3. The molecule has 0 heterocycles. The van der Waals surface area contributed by atoms with Crippen LogP contribution in [0.25, 0.3) is 0 Å². The molecule has 0 bridgehead atoms. The lowest BCUT2D eigenvalue weighted by molar-refractivity contribution is 0.177. The minimum Gasteiger partial charge on any atom is -0.388 e. The van der Waals surface area contributed by atoms with E-state index in [0.717, 1.165) is 15.6 Å². The highest BCUT2D eigenvalue weighted by Crippen LogP contribution is 2.29. The first-order valence-corrected chi connectivity index (χ1v) is 7.33. The van der Waals surface area contributed by atoms with Crippen molar-refractivity contribution in [3.63, 3.8) is 0 Å². The highest BCUT2D eigenvalue weighted by atomic mass is 79.9. The molecule has 100 valence electrons. The summed E-state index contributed by atoms with van der Waals surface area (Å²) < 4.78 is 0.883. The van der Waals surface area contributed by atoms with E-state index in [1.165, 1.54) is 11.1 Å². The van der Waals surface area contributed by atoms with Crippen LogP contribution in [0.5, 0.6) is 0 Å². The Morgan fingerprint density at radius 3 is 2.37 bits per heavy atom. The highest BCUT2D eigenvalue weighted by molar-refractivity contribution is 9.10. The monoisotopic (exact) mass is 338 g/mol. The van der Waals surface area contributed by atoms with Gasteiger partial charge in [-0.25, -0.2) is 0 Å². The fourth-order valence-corrected chi connectivity index (χ4v) is 2.98. The predicted molar refractivity (Wildman–Crippen MR) is 83.7 cm³/mol. The van der Waals surface area contributed by atoms with Gasteiger partial charge in [-0.2, -0.15) is 0 Å². The Morgan fingerprint density at radius 2 is 1.74 bits per heavy atom. The van der Waals surface area contributed by atoms with E-state index in [2.05, 4.69) is 48.0 Å². The molecular formula is C16H16BrClO. The van der Waals surface area contributed by atoms with Crippen LogP contribution < -0.4 is 0 Å². The zero-order valence-corrected chi connectivity index (χ0v) is 13.3. The molecule has 0 fully saturated rings. The minimum atomic E-state index is -0.561. The molecule has 2 aromatic rings. The van der Waals surface area contributed by atoms with Gasteiger partial charge in [-0.3, -0.25) is 0 Å². The summed E-state index contributed by atoms with van der Waals surface area (Å²) in [5.74, 6) is 0. The lowest BCUT2D eigenvalue weighted by Gasteiger charge is -2.14. The number of hydrogen-bond donors (Lipinski definition) is 1. The number of halogens is 2. The Bertz CT molecular complexity index is 575. The van der Waals surface area contributed by atoms with Crippen molar-refractivity contribution in [3.8, 4) is 0 Å². The van der Waals surface area contributed by atoms with Crippen molar-refractivity contribution in [2.75, 3.05) is 0 Å². The molecule has 0 radical (unpaired) electrons. The van der Waals surface area contributed by atoms with Gasteiger partial charge >= 0.3 is 0 Å². The molecule has 0 aliphatic rings. The summed E-state index contributed by atoms with van der Waals surface area (Å²) in [6, 6.07) is 11.8. The van der Waals surface area contributed by atoms with Crippen molar-refractivity contribution in [1.29, 1.82) is 0 Å². The first-order chi connectivity index (χ1) is 8.95. The van der Waals surface area contributed by atoms with Gasteiger partial charge in [-0.15, -0.1) is 0 Å². The molecule has 1 atom stereocenters. The molecule has 0 saturated heterocycles. The maximum absolute atomic E-state index is 10.4. The smallest absolute Gasteiger partial charge is 0.0841 e. The molecule has 1 N–H and O–H groups in total. The first kappa shape index (κ1) is 14.6. The van der Waals surface area contributed by atoms with Crippen LogP contribution in [0.15, 0.2) is 40.9 Å². The van der Waals surface area contributed by atoms with Crippen LogP contribution >= 0.6 is 27.5 Å². The molecular weight excluding hydrogens is 324 g/mol. The van der Waals surface area contributed by atoms with E-state index in [0.29, 0.717) is 11.4 Å². The Labute approximate surface area is 127 Å². The van der Waals surface area contributed by atoms with Crippen molar-refractivity contribution in [2.45, 2.75) is 26.4 Å². The number of hydrogen-bond acceptors (Lipinski definition) is 1. The summed E-state index contributed by atoms with van der Waals surface area (Å²) in [5, 5.41) is 11.0. The average molecular weight is 340 g/mol. The molecule has 0 spiro atoms. The van der Waals surface area contributed by atoms with E-state index in [1.807, 2.05) is 6.07 Å². The van der Waals surface area contributed by atoms with Gasteiger partial charge in [0.1, 0.15) is 0 Å². The third kappa shape index (κ3) is 3.82. The SMILES string of the molecule is Cc1cc(C)cc(CC(O)c2cc(Cl)ccc2Br)c1. The molecule has 2 rings (SSSR count). The van der Waals surface area contributed by atoms with Crippen molar-refractivity contribution < 1.29 is 5.11 Å². The highest BCUT2D eigenvalue weighted by Gasteiger charge is 2.13. The van der Waals surface area contributed by atoms with Crippen LogP contribution in [-0.4, -0.2) is 5.11 Å². The normalized spacial score (nSPS) is 12.5.